The number of halogens is 1. The van der Waals surface area contributed by atoms with Gasteiger partial charge in [0.25, 0.3) is 0 Å². The van der Waals surface area contributed by atoms with Crippen LogP contribution in [0.15, 0.2) is 54.6 Å². The Morgan fingerprint density at radius 3 is 2.45 bits per heavy atom. The lowest BCUT2D eigenvalue weighted by molar-refractivity contribution is 0.586. The molecule has 1 fully saturated rings. The average molecular weight is 416 g/mol. The number of piperazine rings is 1. The summed E-state index contributed by atoms with van der Waals surface area (Å²) in [5, 5.41) is 15.2. The van der Waals surface area contributed by atoms with Gasteiger partial charge < -0.3 is 15.5 Å². The van der Waals surface area contributed by atoms with Crippen LogP contribution in [-0.2, 0) is 6.54 Å². The SMILES string of the molecule is Fc1ccc(-c2nnc3nc(NCc4ccccc4)nc(N4CCNCC4)c3n2)cc1. The van der Waals surface area contributed by atoms with Gasteiger partial charge in [0.05, 0.1) is 0 Å². The Balaban J connectivity index is 1.54. The number of aromatic nitrogens is 5. The lowest BCUT2D eigenvalue weighted by Crippen LogP contribution is -2.44. The molecule has 0 radical (unpaired) electrons. The zero-order chi connectivity index (χ0) is 21.0. The third kappa shape index (κ3) is 4.26. The maximum absolute atomic E-state index is 13.3. The van der Waals surface area contributed by atoms with Gasteiger partial charge in [-0.05, 0) is 29.8 Å². The van der Waals surface area contributed by atoms with Crippen molar-refractivity contribution in [2.24, 2.45) is 0 Å². The molecule has 5 rings (SSSR count). The molecule has 9 heteroatoms. The highest BCUT2D eigenvalue weighted by atomic mass is 19.1. The molecule has 0 bridgehead atoms. The molecule has 1 aliphatic rings. The Morgan fingerprint density at radius 2 is 1.68 bits per heavy atom. The molecule has 2 N–H and O–H groups in total. The summed E-state index contributed by atoms with van der Waals surface area (Å²) < 4.78 is 13.3. The van der Waals surface area contributed by atoms with Crippen molar-refractivity contribution in [3.8, 4) is 11.4 Å². The highest BCUT2D eigenvalue weighted by Crippen LogP contribution is 2.25. The number of nitrogens with zero attached hydrogens (tertiary/aromatic N) is 6. The number of hydrogen-bond donors (Lipinski definition) is 2. The van der Waals surface area contributed by atoms with Gasteiger partial charge in [0.2, 0.25) is 11.6 Å². The zero-order valence-corrected chi connectivity index (χ0v) is 16.8. The first-order valence-corrected chi connectivity index (χ1v) is 10.2. The van der Waals surface area contributed by atoms with E-state index in [1.807, 2.05) is 30.3 Å². The Morgan fingerprint density at radius 1 is 0.903 bits per heavy atom. The molecule has 0 aliphatic carbocycles. The molecule has 156 valence electrons. The van der Waals surface area contributed by atoms with Crippen molar-refractivity contribution in [3.05, 3.63) is 66.0 Å². The Bertz CT molecular complexity index is 1180. The highest BCUT2D eigenvalue weighted by molar-refractivity contribution is 5.85. The molecular weight excluding hydrogens is 395 g/mol. The molecule has 0 unspecified atom stereocenters. The van der Waals surface area contributed by atoms with Crippen molar-refractivity contribution in [2.45, 2.75) is 6.54 Å². The second-order valence-electron chi connectivity index (χ2n) is 7.26. The van der Waals surface area contributed by atoms with Crippen molar-refractivity contribution in [3.63, 3.8) is 0 Å². The van der Waals surface area contributed by atoms with Crippen LogP contribution in [0.25, 0.3) is 22.6 Å². The predicted octanol–water partition coefficient (Wildman–Crippen LogP) is 2.64. The summed E-state index contributed by atoms with van der Waals surface area (Å²) in [6, 6.07) is 16.1. The van der Waals surface area contributed by atoms with E-state index in [1.54, 1.807) is 12.1 Å². The maximum Gasteiger partial charge on any atom is 0.227 e. The van der Waals surface area contributed by atoms with Gasteiger partial charge >= 0.3 is 0 Å². The molecule has 0 saturated carbocycles. The van der Waals surface area contributed by atoms with Crippen LogP contribution >= 0.6 is 0 Å². The first-order chi connectivity index (χ1) is 15.3. The van der Waals surface area contributed by atoms with Gasteiger partial charge in [-0.25, -0.2) is 9.37 Å². The van der Waals surface area contributed by atoms with E-state index in [2.05, 4.69) is 30.7 Å². The number of fused-ring (bicyclic) bond motifs is 1. The molecular formula is C22H21FN8. The fourth-order valence-corrected chi connectivity index (χ4v) is 3.50. The molecule has 1 aliphatic heterocycles. The summed E-state index contributed by atoms with van der Waals surface area (Å²) >= 11 is 0. The van der Waals surface area contributed by atoms with Crippen molar-refractivity contribution in [1.29, 1.82) is 0 Å². The fraction of sp³-hybridized carbons (Fsp3) is 0.227. The number of hydrogen-bond acceptors (Lipinski definition) is 8. The third-order valence-electron chi connectivity index (χ3n) is 5.12. The van der Waals surface area contributed by atoms with Crippen molar-refractivity contribution in [1.82, 2.24) is 30.5 Å². The van der Waals surface area contributed by atoms with E-state index in [0.29, 0.717) is 35.0 Å². The molecule has 0 amide bonds. The smallest absolute Gasteiger partial charge is 0.227 e. The maximum atomic E-state index is 13.3. The largest absolute Gasteiger partial charge is 0.352 e. The van der Waals surface area contributed by atoms with Crippen LogP contribution < -0.4 is 15.5 Å². The standard InChI is InChI=1S/C22H21FN8/c23-17-8-6-16(7-9-17)19-26-18-20(30-29-19)27-22(25-14-15-4-2-1-3-5-15)28-21(18)31-12-10-24-11-13-31/h1-9,24H,10-14H2,(H,25,27,28,30). The summed E-state index contributed by atoms with van der Waals surface area (Å²) in [6.07, 6.45) is 0. The lowest BCUT2D eigenvalue weighted by Gasteiger charge is -2.29. The Kier molecular flexibility index (Phi) is 5.32. The molecule has 0 atom stereocenters. The molecule has 0 spiro atoms. The lowest BCUT2D eigenvalue weighted by atomic mass is 10.2. The van der Waals surface area contributed by atoms with E-state index in [4.69, 9.17) is 9.97 Å². The summed E-state index contributed by atoms with van der Waals surface area (Å²) in [7, 11) is 0. The van der Waals surface area contributed by atoms with Crippen molar-refractivity contribution in [2.75, 3.05) is 36.4 Å². The first kappa shape index (κ1) is 19.3. The van der Waals surface area contributed by atoms with Crippen LogP contribution in [0.5, 0.6) is 0 Å². The van der Waals surface area contributed by atoms with Crippen LogP contribution in [0.3, 0.4) is 0 Å². The third-order valence-corrected chi connectivity index (χ3v) is 5.12. The predicted molar refractivity (Wildman–Crippen MR) is 117 cm³/mol. The summed E-state index contributed by atoms with van der Waals surface area (Å²) in [5.41, 5.74) is 2.82. The zero-order valence-electron chi connectivity index (χ0n) is 16.8. The van der Waals surface area contributed by atoms with Crippen LogP contribution in [0, 0.1) is 5.82 Å². The summed E-state index contributed by atoms with van der Waals surface area (Å²) in [5.74, 6) is 1.31. The topological polar surface area (TPSA) is 91.8 Å². The molecule has 31 heavy (non-hydrogen) atoms. The molecule has 2 aromatic heterocycles. The molecule has 8 nitrogen and oxygen atoms in total. The minimum atomic E-state index is -0.309. The number of nitrogens with one attached hydrogen (secondary N) is 2. The first-order valence-electron chi connectivity index (χ1n) is 10.2. The number of benzene rings is 2. The quantitative estimate of drug-likeness (QED) is 0.513. The van der Waals surface area contributed by atoms with Crippen molar-refractivity contribution < 1.29 is 4.39 Å². The van der Waals surface area contributed by atoms with Gasteiger partial charge in [0.15, 0.2) is 17.2 Å². The molecule has 3 heterocycles. The van der Waals surface area contributed by atoms with Gasteiger partial charge in [0.1, 0.15) is 5.82 Å². The van der Waals surface area contributed by atoms with E-state index in [-0.39, 0.29) is 5.82 Å². The Hall–Kier alpha value is -3.72. The van der Waals surface area contributed by atoms with Gasteiger partial charge in [-0.15, -0.1) is 10.2 Å². The summed E-state index contributed by atoms with van der Waals surface area (Å²) in [4.78, 5) is 16.2. The molecule has 1 saturated heterocycles. The van der Waals surface area contributed by atoms with E-state index in [0.717, 1.165) is 37.6 Å². The summed E-state index contributed by atoms with van der Waals surface area (Å²) in [6.45, 7) is 3.94. The second-order valence-corrected chi connectivity index (χ2v) is 7.26. The van der Waals surface area contributed by atoms with Gasteiger partial charge in [-0.3, -0.25) is 0 Å². The average Bonchev–Trinajstić information content (AvgIpc) is 2.83. The molecule has 4 aromatic rings. The Labute approximate surface area is 178 Å². The van der Waals surface area contributed by atoms with E-state index < -0.39 is 0 Å². The van der Waals surface area contributed by atoms with Crippen molar-refractivity contribution >= 4 is 22.9 Å². The van der Waals surface area contributed by atoms with Crippen LogP contribution in [0.2, 0.25) is 0 Å². The fourth-order valence-electron chi connectivity index (χ4n) is 3.50. The number of rotatable bonds is 5. The minimum Gasteiger partial charge on any atom is -0.352 e. The van der Waals surface area contributed by atoms with E-state index in [9.17, 15) is 4.39 Å². The van der Waals surface area contributed by atoms with Crippen LogP contribution in [-0.4, -0.2) is 51.3 Å². The minimum absolute atomic E-state index is 0.309. The van der Waals surface area contributed by atoms with Crippen LogP contribution in [0.4, 0.5) is 16.2 Å². The normalized spacial score (nSPS) is 14.0. The molecule has 2 aromatic carbocycles. The van der Waals surface area contributed by atoms with E-state index >= 15 is 0 Å². The van der Waals surface area contributed by atoms with Gasteiger partial charge in [-0.1, -0.05) is 30.3 Å². The number of anilines is 2. The van der Waals surface area contributed by atoms with E-state index in [1.165, 1.54) is 12.1 Å². The second kappa shape index (κ2) is 8.57. The van der Waals surface area contributed by atoms with Gasteiger partial charge in [-0.2, -0.15) is 9.97 Å². The highest BCUT2D eigenvalue weighted by Gasteiger charge is 2.20. The van der Waals surface area contributed by atoms with Crippen LogP contribution in [0.1, 0.15) is 5.56 Å². The monoisotopic (exact) mass is 416 g/mol. The van der Waals surface area contributed by atoms with Gasteiger partial charge in [0, 0.05) is 38.3 Å².